The van der Waals surface area contributed by atoms with Crippen molar-refractivity contribution in [1.29, 1.82) is 0 Å². The fraction of sp³-hybridized carbons (Fsp3) is 0.421. The maximum Gasteiger partial charge on any atom is 0.306 e. The van der Waals surface area contributed by atoms with E-state index < -0.39 is 11.9 Å². The van der Waals surface area contributed by atoms with Gasteiger partial charge in [0.05, 0.1) is 18.5 Å². The molecule has 1 heterocycles. The van der Waals surface area contributed by atoms with Gasteiger partial charge in [0.15, 0.2) is 6.61 Å². The maximum absolute atomic E-state index is 12.1. The number of nitrogens with zero attached hydrogens (tertiary/aromatic N) is 2. The number of ether oxygens (including phenoxy) is 2. The number of halogens is 1. The summed E-state index contributed by atoms with van der Waals surface area (Å²) in [6.07, 6.45) is 0.709. The molecule has 0 saturated heterocycles. The molecule has 0 fully saturated rings. The Morgan fingerprint density at radius 3 is 2.56 bits per heavy atom. The Labute approximate surface area is 163 Å². The maximum atomic E-state index is 12.1. The predicted molar refractivity (Wildman–Crippen MR) is 103 cm³/mol. The molecule has 0 aliphatic rings. The first kappa shape index (κ1) is 20.8. The molecule has 146 valence electrons. The van der Waals surface area contributed by atoms with Crippen LogP contribution in [0.4, 0.5) is 5.69 Å². The lowest BCUT2D eigenvalue weighted by Crippen LogP contribution is -2.21. The lowest BCUT2D eigenvalue weighted by atomic mass is 10.1. The second kappa shape index (κ2) is 8.90. The Morgan fingerprint density at radius 2 is 1.96 bits per heavy atom. The van der Waals surface area contributed by atoms with Gasteiger partial charge in [0.1, 0.15) is 5.75 Å². The summed E-state index contributed by atoms with van der Waals surface area (Å²) in [6, 6.07) is 3.33. The molecule has 1 N–H and O–H groups in total. The molecular formula is C19H24ClN3O4. The van der Waals surface area contributed by atoms with Crippen LogP contribution < -0.4 is 10.1 Å². The van der Waals surface area contributed by atoms with Gasteiger partial charge in [-0.2, -0.15) is 5.10 Å². The fourth-order valence-corrected chi connectivity index (χ4v) is 2.89. The smallest absolute Gasteiger partial charge is 0.306 e. The Hall–Kier alpha value is -2.54. The Morgan fingerprint density at radius 1 is 1.26 bits per heavy atom. The number of methoxy groups -OCH3 is 1. The van der Waals surface area contributed by atoms with Gasteiger partial charge < -0.3 is 14.8 Å². The quantitative estimate of drug-likeness (QED) is 0.731. The number of amides is 1. The van der Waals surface area contributed by atoms with Gasteiger partial charge in [0.25, 0.3) is 5.91 Å². The van der Waals surface area contributed by atoms with E-state index in [0.717, 1.165) is 22.5 Å². The molecular weight excluding hydrogens is 370 g/mol. The Kier molecular flexibility index (Phi) is 6.85. The van der Waals surface area contributed by atoms with Gasteiger partial charge in [-0.05, 0) is 44.4 Å². The number of rotatable bonds is 7. The predicted octanol–water partition coefficient (Wildman–Crippen LogP) is 3.12. The summed E-state index contributed by atoms with van der Waals surface area (Å²) in [4.78, 5) is 24.0. The summed E-state index contributed by atoms with van der Waals surface area (Å²) in [5.41, 5.74) is 4.21. The molecule has 0 atom stereocenters. The van der Waals surface area contributed by atoms with Crippen molar-refractivity contribution < 1.29 is 19.1 Å². The average molecular weight is 394 g/mol. The van der Waals surface area contributed by atoms with Crippen molar-refractivity contribution in [1.82, 2.24) is 9.78 Å². The summed E-state index contributed by atoms with van der Waals surface area (Å²) in [5.74, 6) is -0.447. The molecule has 0 aliphatic carbocycles. The van der Waals surface area contributed by atoms with E-state index in [1.54, 1.807) is 16.8 Å². The van der Waals surface area contributed by atoms with Crippen molar-refractivity contribution in [3.05, 3.63) is 39.7 Å². The van der Waals surface area contributed by atoms with Gasteiger partial charge >= 0.3 is 5.97 Å². The molecule has 8 heteroatoms. The molecule has 1 aromatic heterocycles. The molecule has 0 aliphatic heterocycles. The van der Waals surface area contributed by atoms with Crippen molar-refractivity contribution in [3.8, 4) is 5.75 Å². The number of carbonyl (C=O) groups excluding carboxylic acids is 2. The summed E-state index contributed by atoms with van der Waals surface area (Å²) in [6.45, 7) is 5.31. The lowest BCUT2D eigenvalue weighted by molar-refractivity contribution is -0.147. The van der Waals surface area contributed by atoms with E-state index in [1.165, 1.54) is 7.11 Å². The average Bonchev–Trinajstić information content (AvgIpc) is 2.86. The standard InChI is InChI=1S/C19H24ClN3O4/c1-11-8-16(17(26-5)9-15(11)20)21-18(24)10-27-19(25)7-6-14-12(2)22-23(4)13(14)3/h8-9H,6-7,10H2,1-5H3,(H,21,24). The number of anilines is 1. The number of carbonyl (C=O) groups is 2. The van der Waals surface area contributed by atoms with Crippen LogP contribution in [0.25, 0.3) is 0 Å². The summed E-state index contributed by atoms with van der Waals surface area (Å²) in [7, 11) is 3.35. The van der Waals surface area contributed by atoms with Crippen molar-refractivity contribution in [3.63, 3.8) is 0 Å². The number of esters is 1. The van der Waals surface area contributed by atoms with Crippen molar-refractivity contribution in [2.24, 2.45) is 7.05 Å². The number of aromatic nitrogens is 2. The summed E-state index contributed by atoms with van der Waals surface area (Å²) >= 11 is 6.04. The second-order valence-electron chi connectivity index (χ2n) is 6.28. The third kappa shape index (κ3) is 5.23. The van der Waals surface area contributed by atoms with Gasteiger partial charge in [-0.15, -0.1) is 0 Å². The van der Waals surface area contributed by atoms with Crippen LogP contribution in [0.3, 0.4) is 0 Å². The summed E-state index contributed by atoms with van der Waals surface area (Å²) in [5, 5.41) is 7.52. The zero-order chi connectivity index (χ0) is 20.1. The molecule has 0 unspecified atom stereocenters. The van der Waals surface area contributed by atoms with Gasteiger partial charge in [-0.3, -0.25) is 14.3 Å². The van der Waals surface area contributed by atoms with E-state index in [4.69, 9.17) is 21.1 Å². The lowest BCUT2D eigenvalue weighted by Gasteiger charge is -2.12. The molecule has 27 heavy (non-hydrogen) atoms. The van der Waals surface area contributed by atoms with Gasteiger partial charge in [-0.25, -0.2) is 0 Å². The van der Waals surface area contributed by atoms with Crippen LogP contribution in [-0.4, -0.2) is 35.4 Å². The topological polar surface area (TPSA) is 82.4 Å². The van der Waals surface area contributed by atoms with Gasteiger partial charge in [0.2, 0.25) is 0 Å². The molecule has 0 spiro atoms. The van der Waals surface area contributed by atoms with Crippen LogP contribution in [0, 0.1) is 20.8 Å². The third-order valence-corrected chi connectivity index (χ3v) is 4.76. The van der Waals surface area contributed by atoms with Crippen LogP contribution in [-0.2, 0) is 27.8 Å². The highest BCUT2D eigenvalue weighted by atomic mass is 35.5. The molecule has 0 saturated carbocycles. The highest BCUT2D eigenvalue weighted by Crippen LogP contribution is 2.30. The minimum absolute atomic E-state index is 0.185. The highest BCUT2D eigenvalue weighted by Gasteiger charge is 2.14. The van der Waals surface area contributed by atoms with E-state index in [0.29, 0.717) is 22.9 Å². The van der Waals surface area contributed by atoms with E-state index in [9.17, 15) is 9.59 Å². The molecule has 1 amide bonds. The molecule has 2 rings (SSSR count). The van der Waals surface area contributed by atoms with Crippen molar-refractivity contribution in [2.75, 3.05) is 19.0 Å². The fourth-order valence-electron chi connectivity index (χ4n) is 2.74. The Balaban J connectivity index is 1.86. The normalized spacial score (nSPS) is 10.6. The zero-order valence-electron chi connectivity index (χ0n) is 16.2. The number of benzene rings is 1. The van der Waals surface area contributed by atoms with Crippen molar-refractivity contribution >= 4 is 29.2 Å². The Bertz CT molecular complexity index is 861. The largest absolute Gasteiger partial charge is 0.495 e. The number of aryl methyl sites for hydroxylation is 3. The van der Waals surface area contributed by atoms with Crippen LogP contribution in [0.1, 0.15) is 28.9 Å². The monoisotopic (exact) mass is 393 g/mol. The molecule has 0 radical (unpaired) electrons. The van der Waals surface area contributed by atoms with Crippen LogP contribution in [0.2, 0.25) is 5.02 Å². The first-order chi connectivity index (χ1) is 12.7. The minimum atomic E-state index is -0.447. The van der Waals surface area contributed by atoms with E-state index in [2.05, 4.69) is 10.4 Å². The number of hydrogen-bond donors (Lipinski definition) is 1. The van der Waals surface area contributed by atoms with Crippen LogP contribution in [0.5, 0.6) is 5.75 Å². The van der Waals surface area contributed by atoms with E-state index in [-0.39, 0.29) is 13.0 Å². The highest BCUT2D eigenvalue weighted by molar-refractivity contribution is 6.31. The number of nitrogens with one attached hydrogen (secondary N) is 1. The van der Waals surface area contributed by atoms with E-state index >= 15 is 0 Å². The van der Waals surface area contributed by atoms with Gasteiger partial charge in [-0.1, -0.05) is 11.6 Å². The SMILES string of the molecule is COc1cc(Cl)c(C)cc1NC(=O)COC(=O)CCc1c(C)nn(C)c1C. The minimum Gasteiger partial charge on any atom is -0.495 e. The summed E-state index contributed by atoms with van der Waals surface area (Å²) < 4.78 is 12.1. The van der Waals surface area contributed by atoms with Crippen LogP contribution in [0.15, 0.2) is 12.1 Å². The van der Waals surface area contributed by atoms with Gasteiger partial charge in [0, 0.05) is 30.3 Å². The molecule has 0 bridgehead atoms. The molecule has 7 nitrogen and oxygen atoms in total. The molecule has 1 aromatic carbocycles. The zero-order valence-corrected chi connectivity index (χ0v) is 16.9. The third-order valence-electron chi connectivity index (χ3n) is 4.36. The number of hydrogen-bond acceptors (Lipinski definition) is 5. The second-order valence-corrected chi connectivity index (χ2v) is 6.69. The first-order valence-corrected chi connectivity index (χ1v) is 8.89. The van der Waals surface area contributed by atoms with E-state index in [1.807, 2.05) is 27.8 Å². The first-order valence-electron chi connectivity index (χ1n) is 8.51. The van der Waals surface area contributed by atoms with Crippen molar-refractivity contribution in [2.45, 2.75) is 33.6 Å². The molecule has 2 aromatic rings. The van der Waals surface area contributed by atoms with Crippen LogP contribution >= 0.6 is 11.6 Å².